The Bertz CT molecular complexity index is 322. The second-order valence-electron chi connectivity index (χ2n) is 5.75. The summed E-state index contributed by atoms with van der Waals surface area (Å²) in [5.74, 6) is 0. The highest BCUT2D eigenvalue weighted by atomic mass is 15.1. The van der Waals surface area contributed by atoms with Gasteiger partial charge in [-0.3, -0.25) is 0 Å². The minimum atomic E-state index is 0.154. The lowest BCUT2D eigenvalue weighted by atomic mass is 10.1. The van der Waals surface area contributed by atoms with Gasteiger partial charge in [-0.2, -0.15) is 0 Å². The maximum atomic E-state index is 4.30. The number of hydrogen-bond donors (Lipinski definition) is 1. The third kappa shape index (κ3) is 4.50. The summed E-state index contributed by atoms with van der Waals surface area (Å²) in [5.41, 5.74) is 1.45. The molecular weight excluding hydrogens is 210 g/mol. The van der Waals surface area contributed by atoms with Crippen molar-refractivity contribution in [2.45, 2.75) is 72.0 Å². The lowest BCUT2D eigenvalue weighted by Gasteiger charge is -2.23. The summed E-state index contributed by atoms with van der Waals surface area (Å²) in [6.07, 6.45) is 7.59. The second-order valence-corrected chi connectivity index (χ2v) is 5.75. The monoisotopic (exact) mass is 237 g/mol. The fraction of sp³-hybridized carbons (Fsp3) is 0.786. The van der Waals surface area contributed by atoms with Crippen molar-refractivity contribution in [3.63, 3.8) is 0 Å². The van der Waals surface area contributed by atoms with Crippen molar-refractivity contribution in [3.05, 3.63) is 18.2 Å². The van der Waals surface area contributed by atoms with E-state index in [4.69, 9.17) is 0 Å². The molecule has 0 radical (unpaired) electrons. The number of aromatic nitrogens is 2. The van der Waals surface area contributed by atoms with Crippen LogP contribution in [0.4, 0.5) is 0 Å². The fourth-order valence-corrected chi connectivity index (χ4v) is 2.03. The van der Waals surface area contributed by atoms with Crippen LogP contribution in [0, 0.1) is 0 Å². The van der Waals surface area contributed by atoms with Crippen LogP contribution >= 0.6 is 0 Å². The second kappa shape index (κ2) is 6.20. The molecule has 1 rings (SSSR count). The van der Waals surface area contributed by atoms with E-state index >= 15 is 0 Å². The van der Waals surface area contributed by atoms with Crippen LogP contribution in [0.5, 0.6) is 0 Å². The summed E-state index contributed by atoms with van der Waals surface area (Å²) >= 11 is 0. The minimum Gasteiger partial charge on any atom is -0.330 e. The van der Waals surface area contributed by atoms with Gasteiger partial charge in [0.05, 0.1) is 12.0 Å². The van der Waals surface area contributed by atoms with Crippen LogP contribution in [0.2, 0.25) is 0 Å². The van der Waals surface area contributed by atoms with Crippen molar-refractivity contribution in [2.75, 3.05) is 0 Å². The van der Waals surface area contributed by atoms with Crippen molar-refractivity contribution >= 4 is 0 Å². The molecule has 3 nitrogen and oxygen atoms in total. The van der Waals surface area contributed by atoms with Crippen molar-refractivity contribution < 1.29 is 0 Å². The predicted molar refractivity (Wildman–Crippen MR) is 73.1 cm³/mol. The number of hydrogen-bond acceptors (Lipinski definition) is 2. The largest absolute Gasteiger partial charge is 0.330 e. The van der Waals surface area contributed by atoms with E-state index < -0.39 is 0 Å². The Kier molecular flexibility index (Phi) is 5.19. The van der Waals surface area contributed by atoms with E-state index in [1.54, 1.807) is 0 Å². The summed E-state index contributed by atoms with van der Waals surface area (Å²) in [5, 5.41) is 3.52. The molecule has 3 heteroatoms. The third-order valence-electron chi connectivity index (χ3n) is 3.03. The first kappa shape index (κ1) is 14.2. The van der Waals surface area contributed by atoms with Crippen LogP contribution in [-0.4, -0.2) is 15.1 Å². The maximum absolute atomic E-state index is 4.30. The molecule has 0 saturated carbocycles. The molecular formula is C14H27N3. The molecule has 0 saturated heterocycles. The summed E-state index contributed by atoms with van der Waals surface area (Å²) in [6, 6.07) is 0.597. The molecule has 1 unspecified atom stereocenters. The molecule has 1 N–H and O–H groups in total. The Labute approximate surface area is 106 Å². The van der Waals surface area contributed by atoms with E-state index in [0.717, 1.165) is 6.54 Å². The molecule has 0 spiro atoms. The van der Waals surface area contributed by atoms with E-state index in [-0.39, 0.29) is 5.54 Å². The zero-order valence-electron chi connectivity index (χ0n) is 12.0. The van der Waals surface area contributed by atoms with Crippen LogP contribution in [-0.2, 0) is 6.54 Å². The van der Waals surface area contributed by atoms with E-state index in [1.807, 2.05) is 12.5 Å². The van der Waals surface area contributed by atoms with Crippen molar-refractivity contribution in [1.82, 2.24) is 14.9 Å². The predicted octanol–water partition coefficient (Wildman–Crippen LogP) is 3.52. The maximum Gasteiger partial charge on any atom is 0.0951 e. The SMILES string of the molecule is CCCC(CC)n1cncc1CNC(C)(C)C. The molecule has 0 aliphatic rings. The lowest BCUT2D eigenvalue weighted by molar-refractivity contribution is 0.392. The Morgan fingerprint density at radius 3 is 2.59 bits per heavy atom. The van der Waals surface area contributed by atoms with Crippen molar-refractivity contribution in [3.8, 4) is 0 Å². The Morgan fingerprint density at radius 2 is 2.06 bits per heavy atom. The smallest absolute Gasteiger partial charge is 0.0951 e. The standard InChI is InChI=1S/C14H27N3/c1-6-8-12(7-2)17-11-15-9-13(17)10-16-14(3,4)5/h9,11-12,16H,6-8,10H2,1-5H3. The Balaban J connectivity index is 2.70. The van der Waals surface area contributed by atoms with Crippen LogP contribution < -0.4 is 5.32 Å². The molecule has 0 aromatic carbocycles. The molecule has 0 fully saturated rings. The molecule has 1 atom stereocenters. The summed E-state index contributed by atoms with van der Waals surface area (Å²) in [6.45, 7) is 12.0. The average Bonchev–Trinajstić information content (AvgIpc) is 2.70. The molecule has 1 aromatic rings. The number of nitrogens with one attached hydrogen (secondary N) is 1. The van der Waals surface area contributed by atoms with Gasteiger partial charge in [0.15, 0.2) is 0 Å². The topological polar surface area (TPSA) is 29.9 Å². The van der Waals surface area contributed by atoms with Crippen LogP contribution in [0.25, 0.3) is 0 Å². The Morgan fingerprint density at radius 1 is 1.35 bits per heavy atom. The molecule has 0 aliphatic carbocycles. The number of nitrogens with zero attached hydrogens (tertiary/aromatic N) is 2. The molecule has 0 bridgehead atoms. The van der Waals surface area contributed by atoms with Gasteiger partial charge in [0, 0.05) is 24.3 Å². The number of rotatable bonds is 6. The zero-order chi connectivity index (χ0) is 12.9. The first-order valence-electron chi connectivity index (χ1n) is 6.73. The summed E-state index contributed by atoms with van der Waals surface area (Å²) in [4.78, 5) is 4.30. The molecule has 1 heterocycles. The number of imidazole rings is 1. The molecule has 0 amide bonds. The summed E-state index contributed by atoms with van der Waals surface area (Å²) < 4.78 is 2.34. The van der Waals surface area contributed by atoms with E-state index in [1.165, 1.54) is 25.0 Å². The van der Waals surface area contributed by atoms with E-state index in [2.05, 4.69) is 49.5 Å². The fourth-order valence-electron chi connectivity index (χ4n) is 2.03. The first-order chi connectivity index (χ1) is 7.98. The highest BCUT2D eigenvalue weighted by Gasteiger charge is 2.14. The highest BCUT2D eigenvalue weighted by molar-refractivity contribution is 5.01. The van der Waals surface area contributed by atoms with E-state index in [0.29, 0.717) is 6.04 Å². The van der Waals surface area contributed by atoms with Crippen LogP contribution in [0.3, 0.4) is 0 Å². The molecule has 98 valence electrons. The lowest BCUT2D eigenvalue weighted by Crippen LogP contribution is -2.35. The van der Waals surface area contributed by atoms with Gasteiger partial charge >= 0.3 is 0 Å². The highest BCUT2D eigenvalue weighted by Crippen LogP contribution is 2.20. The minimum absolute atomic E-state index is 0.154. The first-order valence-corrected chi connectivity index (χ1v) is 6.73. The third-order valence-corrected chi connectivity index (χ3v) is 3.03. The van der Waals surface area contributed by atoms with Gasteiger partial charge in [0.2, 0.25) is 0 Å². The molecule has 17 heavy (non-hydrogen) atoms. The van der Waals surface area contributed by atoms with Gasteiger partial charge in [0.25, 0.3) is 0 Å². The van der Waals surface area contributed by atoms with Gasteiger partial charge < -0.3 is 9.88 Å². The van der Waals surface area contributed by atoms with Gasteiger partial charge in [-0.25, -0.2) is 4.98 Å². The van der Waals surface area contributed by atoms with Crippen molar-refractivity contribution in [2.24, 2.45) is 0 Å². The molecule has 0 aliphatic heterocycles. The average molecular weight is 237 g/mol. The van der Waals surface area contributed by atoms with Crippen LogP contribution in [0.1, 0.15) is 65.6 Å². The van der Waals surface area contributed by atoms with Gasteiger partial charge in [-0.1, -0.05) is 20.3 Å². The normalized spacial score (nSPS) is 13.9. The quantitative estimate of drug-likeness (QED) is 0.820. The molecule has 1 aromatic heterocycles. The van der Waals surface area contributed by atoms with Gasteiger partial charge in [0.1, 0.15) is 0 Å². The Hall–Kier alpha value is -0.830. The zero-order valence-corrected chi connectivity index (χ0v) is 12.0. The van der Waals surface area contributed by atoms with Gasteiger partial charge in [-0.15, -0.1) is 0 Å². The van der Waals surface area contributed by atoms with Gasteiger partial charge in [-0.05, 0) is 33.6 Å². The summed E-state index contributed by atoms with van der Waals surface area (Å²) in [7, 11) is 0. The van der Waals surface area contributed by atoms with E-state index in [9.17, 15) is 0 Å². The van der Waals surface area contributed by atoms with Crippen molar-refractivity contribution in [1.29, 1.82) is 0 Å². The van der Waals surface area contributed by atoms with Crippen LogP contribution in [0.15, 0.2) is 12.5 Å².